The van der Waals surface area contributed by atoms with Gasteiger partial charge in [-0.2, -0.15) is 13.2 Å². The maximum Gasteiger partial charge on any atom is 0.417 e. The van der Waals surface area contributed by atoms with E-state index in [1.807, 2.05) is 11.0 Å². The molecule has 1 atom stereocenters. The Morgan fingerprint density at radius 2 is 1.74 bits per heavy atom. The molecule has 1 unspecified atom stereocenters. The average molecular weight is 488 g/mol. The molecule has 3 aliphatic rings. The molecule has 2 fully saturated rings. The van der Waals surface area contributed by atoms with Crippen molar-refractivity contribution in [2.75, 3.05) is 32.7 Å². The van der Waals surface area contributed by atoms with Crippen LogP contribution in [-0.4, -0.2) is 70.5 Å². The fourth-order valence-corrected chi connectivity index (χ4v) is 5.45. The van der Waals surface area contributed by atoms with Gasteiger partial charge in [0, 0.05) is 63.1 Å². The van der Waals surface area contributed by atoms with E-state index in [4.69, 9.17) is 0 Å². The Hall–Kier alpha value is -2.65. The zero-order valence-electron chi connectivity index (χ0n) is 19.8. The second-order valence-corrected chi connectivity index (χ2v) is 9.92. The number of amides is 2. The SMILES string of the molecule is O=C(N1CCc2ncc(C(F)(F)F)cc2C1)N1CCC(NC2CCN(Cc3ccccc3)CC2)C1. The van der Waals surface area contributed by atoms with Crippen LogP contribution in [0.4, 0.5) is 18.0 Å². The first-order valence-electron chi connectivity index (χ1n) is 12.5. The highest BCUT2D eigenvalue weighted by atomic mass is 19.4. The molecule has 2 amide bonds. The summed E-state index contributed by atoms with van der Waals surface area (Å²) < 4.78 is 39.2. The molecule has 188 valence electrons. The second kappa shape index (κ2) is 10.1. The standard InChI is InChI=1S/C26H32F3N5O/c27-26(28,29)21-14-20-17-33(13-9-24(20)30-15-21)25(35)34-12-8-23(18-34)31-22-6-10-32(11-7-22)16-19-4-2-1-3-5-19/h1-5,14-15,22-23,31H,6-13,16-18H2. The number of hydrogen-bond donors (Lipinski definition) is 1. The van der Waals surface area contributed by atoms with E-state index >= 15 is 0 Å². The Morgan fingerprint density at radius 1 is 1.00 bits per heavy atom. The van der Waals surface area contributed by atoms with Gasteiger partial charge in [0.05, 0.1) is 5.56 Å². The van der Waals surface area contributed by atoms with E-state index in [-0.39, 0.29) is 18.6 Å². The van der Waals surface area contributed by atoms with Gasteiger partial charge in [-0.3, -0.25) is 9.88 Å². The van der Waals surface area contributed by atoms with E-state index in [1.165, 1.54) is 5.56 Å². The number of carbonyl (C=O) groups excluding carboxylic acids is 1. The van der Waals surface area contributed by atoms with E-state index in [1.54, 1.807) is 4.90 Å². The molecule has 2 saturated heterocycles. The van der Waals surface area contributed by atoms with E-state index in [9.17, 15) is 18.0 Å². The minimum Gasteiger partial charge on any atom is -0.323 e. The third kappa shape index (κ3) is 5.78. The lowest BCUT2D eigenvalue weighted by molar-refractivity contribution is -0.137. The summed E-state index contributed by atoms with van der Waals surface area (Å²) in [5.41, 5.74) is 1.73. The lowest BCUT2D eigenvalue weighted by Gasteiger charge is -2.34. The molecule has 0 bridgehead atoms. The molecule has 6 nitrogen and oxygen atoms in total. The molecule has 3 aliphatic heterocycles. The van der Waals surface area contributed by atoms with Crippen LogP contribution in [0.5, 0.6) is 0 Å². The second-order valence-electron chi connectivity index (χ2n) is 9.92. The average Bonchev–Trinajstić information content (AvgIpc) is 3.32. The van der Waals surface area contributed by atoms with Gasteiger partial charge in [0.15, 0.2) is 0 Å². The molecule has 1 aromatic heterocycles. The van der Waals surface area contributed by atoms with Gasteiger partial charge in [0.2, 0.25) is 0 Å². The van der Waals surface area contributed by atoms with Crippen LogP contribution in [0.1, 0.15) is 41.6 Å². The first kappa shape index (κ1) is 24.1. The largest absolute Gasteiger partial charge is 0.417 e. The van der Waals surface area contributed by atoms with Crippen molar-refractivity contribution in [2.45, 2.75) is 57.0 Å². The Balaban J connectivity index is 1.09. The summed E-state index contributed by atoms with van der Waals surface area (Å²) in [6.07, 6.45) is 0.0268. The van der Waals surface area contributed by atoms with Gasteiger partial charge < -0.3 is 15.1 Å². The Labute approximate surface area is 204 Å². The maximum atomic E-state index is 13.1. The number of hydrogen-bond acceptors (Lipinski definition) is 4. The third-order valence-corrected chi connectivity index (χ3v) is 7.40. The number of rotatable bonds is 4. The highest BCUT2D eigenvalue weighted by Crippen LogP contribution is 2.31. The summed E-state index contributed by atoms with van der Waals surface area (Å²) in [6, 6.07) is 12.3. The Morgan fingerprint density at radius 3 is 2.49 bits per heavy atom. The van der Waals surface area contributed by atoms with Crippen LogP contribution in [0.3, 0.4) is 0 Å². The smallest absolute Gasteiger partial charge is 0.323 e. The van der Waals surface area contributed by atoms with Crippen molar-refractivity contribution < 1.29 is 18.0 Å². The Bertz CT molecular complexity index is 1020. The minimum atomic E-state index is -4.43. The molecule has 4 heterocycles. The van der Waals surface area contributed by atoms with Crippen molar-refractivity contribution in [3.63, 3.8) is 0 Å². The van der Waals surface area contributed by atoms with Crippen LogP contribution in [0.2, 0.25) is 0 Å². The number of nitrogens with one attached hydrogen (secondary N) is 1. The number of nitrogens with zero attached hydrogens (tertiary/aromatic N) is 4. The number of likely N-dealkylation sites (tertiary alicyclic amines) is 2. The van der Waals surface area contributed by atoms with Crippen LogP contribution in [0, 0.1) is 0 Å². The highest BCUT2D eigenvalue weighted by Gasteiger charge is 2.35. The summed E-state index contributed by atoms with van der Waals surface area (Å²) in [5, 5.41) is 3.76. The Kier molecular flexibility index (Phi) is 6.98. The lowest BCUT2D eigenvalue weighted by Crippen LogP contribution is -2.48. The molecular formula is C26H32F3N5O. The molecular weight excluding hydrogens is 455 g/mol. The maximum absolute atomic E-state index is 13.1. The van der Waals surface area contributed by atoms with E-state index < -0.39 is 11.7 Å². The number of fused-ring (bicyclic) bond motifs is 1. The molecule has 2 aromatic rings. The molecule has 0 saturated carbocycles. The summed E-state index contributed by atoms with van der Waals surface area (Å²) in [7, 11) is 0. The first-order chi connectivity index (χ1) is 16.8. The predicted molar refractivity (Wildman–Crippen MR) is 127 cm³/mol. The number of alkyl halides is 3. The van der Waals surface area contributed by atoms with Gasteiger partial charge in [-0.05, 0) is 49.5 Å². The molecule has 0 radical (unpaired) electrons. The molecule has 1 N–H and O–H groups in total. The number of carbonyl (C=O) groups is 1. The zero-order valence-corrected chi connectivity index (χ0v) is 19.8. The van der Waals surface area contributed by atoms with Crippen molar-refractivity contribution >= 4 is 6.03 Å². The summed E-state index contributed by atoms with van der Waals surface area (Å²) >= 11 is 0. The molecule has 9 heteroatoms. The normalized spacial score (nSPS) is 21.9. The van der Waals surface area contributed by atoms with Crippen LogP contribution < -0.4 is 5.32 Å². The number of halogens is 3. The fourth-order valence-electron chi connectivity index (χ4n) is 5.45. The number of benzene rings is 1. The van der Waals surface area contributed by atoms with Gasteiger partial charge >= 0.3 is 12.2 Å². The first-order valence-corrected chi connectivity index (χ1v) is 12.5. The zero-order chi connectivity index (χ0) is 24.4. The van der Waals surface area contributed by atoms with Crippen LogP contribution in [0.15, 0.2) is 42.6 Å². The quantitative estimate of drug-likeness (QED) is 0.711. The highest BCUT2D eigenvalue weighted by molar-refractivity contribution is 5.75. The van der Waals surface area contributed by atoms with Gasteiger partial charge in [-0.25, -0.2) is 4.79 Å². The van der Waals surface area contributed by atoms with E-state index in [0.717, 1.165) is 51.2 Å². The van der Waals surface area contributed by atoms with E-state index in [2.05, 4.69) is 39.5 Å². The molecule has 0 spiro atoms. The third-order valence-electron chi connectivity index (χ3n) is 7.40. The molecule has 0 aliphatic carbocycles. The van der Waals surface area contributed by atoms with Crippen molar-refractivity contribution in [1.82, 2.24) is 25.0 Å². The lowest BCUT2D eigenvalue weighted by atomic mass is 10.0. The van der Waals surface area contributed by atoms with Crippen molar-refractivity contribution in [1.29, 1.82) is 0 Å². The summed E-state index contributed by atoms with van der Waals surface area (Å²) in [5.74, 6) is 0. The fraction of sp³-hybridized carbons (Fsp3) is 0.538. The van der Waals surface area contributed by atoms with Gasteiger partial charge in [-0.15, -0.1) is 0 Å². The number of pyridine rings is 1. The summed E-state index contributed by atoms with van der Waals surface area (Å²) in [4.78, 5) is 23.1. The molecule has 5 rings (SSSR count). The van der Waals surface area contributed by atoms with Gasteiger partial charge in [0.1, 0.15) is 0 Å². The summed E-state index contributed by atoms with van der Waals surface area (Å²) in [6.45, 7) is 5.09. The predicted octanol–water partition coefficient (Wildman–Crippen LogP) is 3.91. The number of urea groups is 1. The monoisotopic (exact) mass is 487 g/mol. The topological polar surface area (TPSA) is 51.7 Å². The van der Waals surface area contributed by atoms with Crippen LogP contribution in [-0.2, 0) is 25.7 Å². The van der Waals surface area contributed by atoms with Crippen LogP contribution in [0.25, 0.3) is 0 Å². The van der Waals surface area contributed by atoms with Crippen molar-refractivity contribution in [3.8, 4) is 0 Å². The minimum absolute atomic E-state index is 0.0879. The van der Waals surface area contributed by atoms with Crippen molar-refractivity contribution in [3.05, 3.63) is 65.0 Å². The van der Waals surface area contributed by atoms with Crippen LogP contribution >= 0.6 is 0 Å². The van der Waals surface area contributed by atoms with Gasteiger partial charge in [0.25, 0.3) is 0 Å². The number of aromatic nitrogens is 1. The van der Waals surface area contributed by atoms with Crippen molar-refractivity contribution in [2.24, 2.45) is 0 Å². The number of piperidine rings is 1. The van der Waals surface area contributed by atoms with E-state index in [0.29, 0.717) is 43.4 Å². The van der Waals surface area contributed by atoms with Gasteiger partial charge in [-0.1, -0.05) is 30.3 Å². The molecule has 1 aromatic carbocycles. The molecule has 35 heavy (non-hydrogen) atoms.